The first-order valence-electron chi connectivity index (χ1n) is 8.48. The molecule has 2 aromatic rings. The number of ether oxygens (including phenoxy) is 2. The van der Waals surface area contributed by atoms with E-state index in [9.17, 15) is 4.79 Å². The van der Waals surface area contributed by atoms with E-state index in [1.807, 2.05) is 67.7 Å². The average Bonchev–Trinajstić information content (AvgIpc) is 3.17. The summed E-state index contributed by atoms with van der Waals surface area (Å²) in [5, 5.41) is 2.93. The first-order chi connectivity index (χ1) is 12.6. The molecule has 1 aliphatic rings. The van der Waals surface area contributed by atoms with Crippen molar-refractivity contribution in [2.45, 2.75) is 18.4 Å². The molecule has 138 valence electrons. The van der Waals surface area contributed by atoms with Crippen LogP contribution >= 0.6 is 23.5 Å². The summed E-state index contributed by atoms with van der Waals surface area (Å²) in [6.07, 6.45) is 0. The van der Waals surface area contributed by atoms with E-state index in [4.69, 9.17) is 9.47 Å². The predicted molar refractivity (Wildman–Crippen MR) is 111 cm³/mol. The van der Waals surface area contributed by atoms with Crippen LogP contribution in [0.4, 0.5) is 5.69 Å². The van der Waals surface area contributed by atoms with Crippen LogP contribution in [0.3, 0.4) is 0 Å². The Morgan fingerprint density at radius 2 is 1.81 bits per heavy atom. The predicted octanol–water partition coefficient (Wildman–Crippen LogP) is 4.81. The fraction of sp³-hybridized carbons (Fsp3) is 0.350. The third-order valence-electron chi connectivity index (χ3n) is 4.19. The van der Waals surface area contributed by atoms with E-state index in [1.165, 1.54) is 17.1 Å². The summed E-state index contributed by atoms with van der Waals surface area (Å²) in [6.45, 7) is 3.89. The highest BCUT2D eigenvalue weighted by Gasteiger charge is 2.20. The molecule has 1 heterocycles. The van der Waals surface area contributed by atoms with Gasteiger partial charge in [-0.3, -0.25) is 4.79 Å². The Morgan fingerprint density at radius 1 is 1.12 bits per heavy atom. The summed E-state index contributed by atoms with van der Waals surface area (Å²) >= 11 is 3.89. The number of benzene rings is 2. The van der Waals surface area contributed by atoms with Crippen LogP contribution < -0.4 is 14.8 Å². The molecule has 0 saturated carbocycles. The molecule has 3 rings (SSSR count). The van der Waals surface area contributed by atoms with Crippen molar-refractivity contribution in [3.05, 3.63) is 53.1 Å². The molecule has 2 aromatic carbocycles. The second-order valence-electron chi connectivity index (χ2n) is 6.09. The number of methoxy groups -OCH3 is 1. The van der Waals surface area contributed by atoms with Gasteiger partial charge >= 0.3 is 0 Å². The monoisotopic (exact) mass is 389 g/mol. The van der Waals surface area contributed by atoms with Crippen molar-refractivity contribution < 1.29 is 14.3 Å². The lowest BCUT2D eigenvalue weighted by Crippen LogP contribution is -2.21. The largest absolute Gasteiger partial charge is 0.493 e. The van der Waals surface area contributed by atoms with Crippen LogP contribution in [0, 0.1) is 13.8 Å². The van der Waals surface area contributed by atoms with Crippen molar-refractivity contribution in [1.82, 2.24) is 0 Å². The van der Waals surface area contributed by atoms with Gasteiger partial charge in [-0.1, -0.05) is 24.3 Å². The summed E-state index contributed by atoms with van der Waals surface area (Å²) < 4.78 is 11.6. The van der Waals surface area contributed by atoms with Crippen molar-refractivity contribution in [2.24, 2.45) is 0 Å². The van der Waals surface area contributed by atoms with Gasteiger partial charge in [-0.25, -0.2) is 0 Å². The molecule has 4 nitrogen and oxygen atoms in total. The van der Waals surface area contributed by atoms with E-state index in [-0.39, 0.29) is 12.5 Å². The first kappa shape index (κ1) is 19.0. The van der Waals surface area contributed by atoms with Crippen molar-refractivity contribution in [3.63, 3.8) is 0 Å². The SMILES string of the molecule is COc1cc(C2SCCS2)ccc1OCC(=O)Nc1c(C)cccc1C. The zero-order valence-corrected chi connectivity index (χ0v) is 16.8. The van der Waals surface area contributed by atoms with E-state index < -0.39 is 0 Å². The second-order valence-corrected chi connectivity index (χ2v) is 8.81. The van der Waals surface area contributed by atoms with Gasteiger partial charge in [0.15, 0.2) is 18.1 Å². The smallest absolute Gasteiger partial charge is 0.262 e. The number of amides is 1. The highest BCUT2D eigenvalue weighted by atomic mass is 32.2. The van der Waals surface area contributed by atoms with E-state index in [0.717, 1.165) is 16.8 Å². The molecule has 6 heteroatoms. The summed E-state index contributed by atoms with van der Waals surface area (Å²) in [4.78, 5) is 12.3. The van der Waals surface area contributed by atoms with Gasteiger partial charge in [0.1, 0.15) is 0 Å². The quantitative estimate of drug-likeness (QED) is 0.768. The Bertz CT molecular complexity index is 768. The molecule has 0 spiro atoms. The number of thioether (sulfide) groups is 2. The van der Waals surface area contributed by atoms with Crippen LogP contribution in [0.2, 0.25) is 0 Å². The number of carbonyl (C=O) groups is 1. The third kappa shape index (κ3) is 4.48. The number of anilines is 1. The van der Waals surface area contributed by atoms with Gasteiger partial charge in [0, 0.05) is 17.2 Å². The summed E-state index contributed by atoms with van der Waals surface area (Å²) in [5.41, 5.74) is 4.14. The summed E-state index contributed by atoms with van der Waals surface area (Å²) in [6, 6.07) is 11.9. The number of rotatable bonds is 6. The minimum absolute atomic E-state index is 0.0591. The number of hydrogen-bond acceptors (Lipinski definition) is 5. The topological polar surface area (TPSA) is 47.6 Å². The maximum Gasteiger partial charge on any atom is 0.262 e. The van der Waals surface area contributed by atoms with Crippen LogP contribution in [0.25, 0.3) is 0 Å². The maximum atomic E-state index is 12.3. The van der Waals surface area contributed by atoms with Gasteiger partial charge in [-0.05, 0) is 42.7 Å². The standard InChI is InChI=1S/C20H23NO3S2/c1-13-5-4-6-14(2)19(13)21-18(22)12-24-16-8-7-15(11-17(16)23-3)20-25-9-10-26-20/h4-8,11,20H,9-10,12H2,1-3H3,(H,21,22). The van der Waals surface area contributed by atoms with Crippen molar-refractivity contribution in [1.29, 1.82) is 0 Å². The van der Waals surface area contributed by atoms with Crippen LogP contribution in [0.5, 0.6) is 11.5 Å². The van der Waals surface area contributed by atoms with Gasteiger partial charge < -0.3 is 14.8 Å². The van der Waals surface area contributed by atoms with E-state index in [2.05, 4.69) is 11.4 Å². The number of para-hydroxylation sites is 1. The number of hydrogen-bond donors (Lipinski definition) is 1. The molecule has 0 aromatic heterocycles. The van der Waals surface area contributed by atoms with E-state index >= 15 is 0 Å². The molecule has 0 atom stereocenters. The first-order valence-corrected chi connectivity index (χ1v) is 10.6. The molecule has 0 bridgehead atoms. The highest BCUT2D eigenvalue weighted by Crippen LogP contribution is 2.46. The molecular formula is C20H23NO3S2. The molecule has 0 radical (unpaired) electrons. The normalized spacial score (nSPS) is 14.3. The molecule has 1 N–H and O–H groups in total. The van der Waals surface area contributed by atoms with Gasteiger partial charge in [0.05, 0.1) is 11.7 Å². The Balaban J connectivity index is 1.64. The average molecular weight is 390 g/mol. The molecule has 0 aliphatic carbocycles. The summed E-state index contributed by atoms with van der Waals surface area (Å²) in [5.74, 6) is 3.41. The fourth-order valence-corrected chi connectivity index (χ4v) is 5.67. The third-order valence-corrected chi connectivity index (χ3v) is 7.29. The summed E-state index contributed by atoms with van der Waals surface area (Å²) in [7, 11) is 1.62. The molecular weight excluding hydrogens is 366 g/mol. The van der Waals surface area contributed by atoms with E-state index in [0.29, 0.717) is 16.1 Å². The van der Waals surface area contributed by atoms with Gasteiger partial charge in [0.2, 0.25) is 0 Å². The molecule has 0 unspecified atom stereocenters. The lowest BCUT2D eigenvalue weighted by molar-refractivity contribution is -0.118. The number of nitrogens with one attached hydrogen (secondary N) is 1. The molecule has 1 amide bonds. The van der Waals surface area contributed by atoms with Gasteiger partial charge in [-0.2, -0.15) is 0 Å². The van der Waals surface area contributed by atoms with E-state index in [1.54, 1.807) is 7.11 Å². The van der Waals surface area contributed by atoms with Crippen LogP contribution in [-0.2, 0) is 4.79 Å². The van der Waals surface area contributed by atoms with Crippen molar-refractivity contribution in [2.75, 3.05) is 30.5 Å². The van der Waals surface area contributed by atoms with Crippen LogP contribution in [0.15, 0.2) is 36.4 Å². The van der Waals surface area contributed by atoms with Gasteiger partial charge in [0.25, 0.3) is 5.91 Å². The Morgan fingerprint density at radius 3 is 2.46 bits per heavy atom. The van der Waals surface area contributed by atoms with Crippen molar-refractivity contribution in [3.8, 4) is 11.5 Å². The Labute approximate surface area is 163 Å². The Hall–Kier alpha value is -1.79. The fourth-order valence-electron chi connectivity index (χ4n) is 2.83. The lowest BCUT2D eigenvalue weighted by Gasteiger charge is -2.15. The molecule has 26 heavy (non-hydrogen) atoms. The highest BCUT2D eigenvalue weighted by molar-refractivity contribution is 8.19. The lowest BCUT2D eigenvalue weighted by atomic mass is 10.1. The van der Waals surface area contributed by atoms with Crippen LogP contribution in [-0.4, -0.2) is 31.1 Å². The van der Waals surface area contributed by atoms with Crippen molar-refractivity contribution >= 4 is 35.1 Å². The minimum atomic E-state index is -0.185. The number of carbonyl (C=O) groups excluding carboxylic acids is 1. The molecule has 1 aliphatic heterocycles. The maximum absolute atomic E-state index is 12.3. The minimum Gasteiger partial charge on any atom is -0.493 e. The molecule has 1 saturated heterocycles. The van der Waals surface area contributed by atoms with Gasteiger partial charge in [-0.15, -0.1) is 23.5 Å². The van der Waals surface area contributed by atoms with Crippen LogP contribution in [0.1, 0.15) is 21.3 Å². The second kappa shape index (κ2) is 8.73. The zero-order valence-electron chi connectivity index (χ0n) is 15.2. The Kier molecular flexibility index (Phi) is 6.38. The molecule has 1 fully saturated rings. The number of aryl methyl sites for hydroxylation is 2. The zero-order chi connectivity index (χ0) is 18.5.